The average molecular weight is 483 g/mol. The summed E-state index contributed by atoms with van der Waals surface area (Å²) in [6.45, 7) is 7.89. The van der Waals surface area contributed by atoms with E-state index in [4.69, 9.17) is 4.98 Å². The topological polar surface area (TPSA) is 74.2 Å². The molecule has 2 aromatic heterocycles. The number of rotatable bonds is 3. The average Bonchev–Trinajstić information content (AvgIpc) is 3.17. The molecule has 1 amide bonds. The minimum absolute atomic E-state index is 0.0336. The number of carbonyl (C=O) groups excluding carboxylic acids is 1. The van der Waals surface area contributed by atoms with E-state index in [0.717, 1.165) is 41.1 Å². The molecule has 4 heterocycles. The molecule has 8 heteroatoms. The summed E-state index contributed by atoms with van der Waals surface area (Å²) in [5, 5.41) is 3.28. The Bertz CT molecular complexity index is 1480. The fourth-order valence-corrected chi connectivity index (χ4v) is 5.19. The Morgan fingerprint density at radius 1 is 1.03 bits per heavy atom. The first-order valence-electron chi connectivity index (χ1n) is 12.2. The van der Waals surface area contributed by atoms with Gasteiger partial charge in [-0.1, -0.05) is 26.0 Å². The summed E-state index contributed by atoms with van der Waals surface area (Å²) in [6.07, 6.45) is 1.54. The highest BCUT2D eigenvalue weighted by atomic mass is 19.1. The minimum Gasteiger partial charge on any atom is -0.336 e. The number of nitrogens with zero attached hydrogens (tertiary/aromatic N) is 5. The standard InChI is InChI=1S/C28H27FN6O/c1-28(2)16-35(24-9-6-20(29)15-21(24)28)26-25-23(31-17-32-26)8-7-22(33-25)18-4-3-5-19(14-18)27(36)34-12-10-30-11-13-34/h3-9,14-15,17,30H,10-13,16H2,1-2H3. The Hall–Kier alpha value is -3.91. The lowest BCUT2D eigenvalue weighted by atomic mass is 9.87. The summed E-state index contributed by atoms with van der Waals surface area (Å²) < 4.78 is 14.1. The smallest absolute Gasteiger partial charge is 0.253 e. The number of nitrogens with one attached hydrogen (secondary N) is 1. The van der Waals surface area contributed by atoms with Crippen molar-refractivity contribution in [3.05, 3.63) is 77.9 Å². The number of hydrogen-bond acceptors (Lipinski definition) is 6. The van der Waals surface area contributed by atoms with Crippen LogP contribution in [-0.4, -0.2) is 58.5 Å². The molecule has 0 saturated carbocycles. The molecule has 0 spiro atoms. The first-order valence-corrected chi connectivity index (χ1v) is 12.2. The highest BCUT2D eigenvalue weighted by Crippen LogP contribution is 2.45. The molecule has 182 valence electrons. The van der Waals surface area contributed by atoms with E-state index in [-0.39, 0.29) is 17.1 Å². The van der Waals surface area contributed by atoms with Gasteiger partial charge in [-0.15, -0.1) is 0 Å². The molecule has 7 nitrogen and oxygen atoms in total. The molecular formula is C28H27FN6O. The maximum Gasteiger partial charge on any atom is 0.253 e. The molecule has 2 aromatic carbocycles. The van der Waals surface area contributed by atoms with E-state index in [1.807, 2.05) is 47.4 Å². The van der Waals surface area contributed by atoms with E-state index in [1.165, 1.54) is 6.07 Å². The predicted octanol–water partition coefficient (Wildman–Crippen LogP) is 4.31. The van der Waals surface area contributed by atoms with Crippen LogP contribution in [0.2, 0.25) is 0 Å². The van der Waals surface area contributed by atoms with Gasteiger partial charge in [0, 0.05) is 55.0 Å². The Labute approximate surface area is 209 Å². The third kappa shape index (κ3) is 3.87. The lowest BCUT2D eigenvalue weighted by molar-refractivity contribution is 0.0736. The summed E-state index contributed by atoms with van der Waals surface area (Å²) in [5.74, 6) is 0.478. The number of anilines is 2. The van der Waals surface area contributed by atoms with Crippen LogP contribution in [0.4, 0.5) is 15.9 Å². The van der Waals surface area contributed by atoms with Gasteiger partial charge < -0.3 is 15.1 Å². The van der Waals surface area contributed by atoms with Gasteiger partial charge in [-0.05, 0) is 48.0 Å². The van der Waals surface area contributed by atoms with Gasteiger partial charge in [-0.2, -0.15) is 0 Å². The lowest BCUT2D eigenvalue weighted by Crippen LogP contribution is -2.46. The number of carbonyl (C=O) groups is 1. The van der Waals surface area contributed by atoms with Gasteiger partial charge in [0.1, 0.15) is 17.7 Å². The molecule has 4 aromatic rings. The van der Waals surface area contributed by atoms with Crippen molar-refractivity contribution in [2.24, 2.45) is 0 Å². The minimum atomic E-state index is -0.245. The van der Waals surface area contributed by atoms with E-state index in [0.29, 0.717) is 36.5 Å². The number of amides is 1. The molecule has 2 aliphatic rings. The van der Waals surface area contributed by atoms with Crippen molar-refractivity contribution in [3.8, 4) is 11.3 Å². The maximum atomic E-state index is 14.1. The molecule has 1 N–H and O–H groups in total. The second kappa shape index (κ2) is 8.64. The molecule has 0 bridgehead atoms. The van der Waals surface area contributed by atoms with Gasteiger partial charge in [-0.25, -0.2) is 19.3 Å². The lowest BCUT2D eigenvalue weighted by Gasteiger charge is -2.27. The molecule has 0 aliphatic carbocycles. The van der Waals surface area contributed by atoms with Crippen molar-refractivity contribution in [1.29, 1.82) is 0 Å². The van der Waals surface area contributed by atoms with Crippen LogP contribution < -0.4 is 10.2 Å². The zero-order chi connectivity index (χ0) is 24.9. The fraction of sp³-hybridized carbons (Fsp3) is 0.286. The van der Waals surface area contributed by atoms with Crippen LogP contribution in [0.25, 0.3) is 22.3 Å². The van der Waals surface area contributed by atoms with Gasteiger partial charge in [0.15, 0.2) is 5.82 Å². The van der Waals surface area contributed by atoms with Crippen LogP contribution in [-0.2, 0) is 5.41 Å². The largest absolute Gasteiger partial charge is 0.336 e. The number of halogens is 1. The van der Waals surface area contributed by atoms with E-state index in [9.17, 15) is 9.18 Å². The number of fused-ring (bicyclic) bond motifs is 2. The van der Waals surface area contributed by atoms with E-state index in [2.05, 4.69) is 34.0 Å². The van der Waals surface area contributed by atoms with Crippen LogP contribution in [0.3, 0.4) is 0 Å². The van der Waals surface area contributed by atoms with Crippen LogP contribution in [0.1, 0.15) is 29.8 Å². The summed E-state index contributed by atoms with van der Waals surface area (Å²) in [4.78, 5) is 31.0. The number of aromatic nitrogens is 3. The van der Waals surface area contributed by atoms with Crippen molar-refractivity contribution in [3.63, 3.8) is 0 Å². The van der Waals surface area contributed by atoms with Gasteiger partial charge in [-0.3, -0.25) is 4.79 Å². The van der Waals surface area contributed by atoms with Gasteiger partial charge in [0.2, 0.25) is 0 Å². The SMILES string of the molecule is CC1(C)CN(c2ncnc3ccc(-c4cccc(C(=O)N5CCNCC5)c4)nc23)c2ccc(F)cc21. The predicted molar refractivity (Wildman–Crippen MR) is 138 cm³/mol. The first-order chi connectivity index (χ1) is 17.4. The zero-order valence-electron chi connectivity index (χ0n) is 20.3. The highest BCUT2D eigenvalue weighted by molar-refractivity contribution is 5.96. The third-order valence-electron chi connectivity index (χ3n) is 7.06. The first kappa shape index (κ1) is 22.5. The van der Waals surface area contributed by atoms with Crippen LogP contribution in [0.15, 0.2) is 60.9 Å². The molecule has 0 unspecified atom stereocenters. The zero-order valence-corrected chi connectivity index (χ0v) is 20.3. The van der Waals surface area contributed by atoms with Gasteiger partial charge >= 0.3 is 0 Å². The normalized spacial score (nSPS) is 16.9. The maximum absolute atomic E-state index is 14.1. The summed E-state index contributed by atoms with van der Waals surface area (Å²) in [6, 6.07) is 16.4. The molecule has 0 radical (unpaired) electrons. The van der Waals surface area contributed by atoms with Crippen molar-refractivity contribution in [2.75, 3.05) is 37.6 Å². The summed E-state index contributed by atoms with van der Waals surface area (Å²) >= 11 is 0. The van der Waals surface area contributed by atoms with E-state index < -0.39 is 0 Å². The number of pyridine rings is 1. The molecular weight excluding hydrogens is 455 g/mol. The molecule has 6 rings (SSSR count). The van der Waals surface area contributed by atoms with Crippen LogP contribution >= 0.6 is 0 Å². The highest BCUT2D eigenvalue weighted by Gasteiger charge is 2.37. The Kier molecular flexibility index (Phi) is 5.41. The Balaban J connectivity index is 1.41. The molecule has 36 heavy (non-hydrogen) atoms. The van der Waals surface area contributed by atoms with Crippen molar-refractivity contribution >= 4 is 28.4 Å². The van der Waals surface area contributed by atoms with Crippen molar-refractivity contribution < 1.29 is 9.18 Å². The number of piperazine rings is 1. The molecule has 2 aliphatic heterocycles. The quantitative estimate of drug-likeness (QED) is 0.469. The monoisotopic (exact) mass is 482 g/mol. The van der Waals surface area contributed by atoms with Crippen molar-refractivity contribution in [1.82, 2.24) is 25.2 Å². The number of benzene rings is 2. The van der Waals surface area contributed by atoms with Crippen molar-refractivity contribution in [2.45, 2.75) is 19.3 Å². The third-order valence-corrected chi connectivity index (χ3v) is 7.06. The summed E-state index contributed by atoms with van der Waals surface area (Å²) in [5.41, 5.74) is 5.28. The van der Waals surface area contributed by atoms with Gasteiger partial charge in [0.25, 0.3) is 5.91 Å². The fourth-order valence-electron chi connectivity index (χ4n) is 5.19. The Morgan fingerprint density at radius 3 is 2.69 bits per heavy atom. The van der Waals surface area contributed by atoms with Gasteiger partial charge in [0.05, 0.1) is 11.2 Å². The van der Waals surface area contributed by atoms with Crippen LogP contribution in [0, 0.1) is 5.82 Å². The second-order valence-corrected chi connectivity index (χ2v) is 10.0. The van der Waals surface area contributed by atoms with E-state index in [1.54, 1.807) is 12.4 Å². The summed E-state index contributed by atoms with van der Waals surface area (Å²) in [7, 11) is 0. The van der Waals surface area contributed by atoms with E-state index >= 15 is 0 Å². The Morgan fingerprint density at radius 2 is 1.86 bits per heavy atom. The molecule has 1 saturated heterocycles. The molecule has 0 atom stereocenters. The second-order valence-electron chi connectivity index (χ2n) is 10.0. The number of hydrogen-bond donors (Lipinski definition) is 1. The molecule has 1 fully saturated rings. The van der Waals surface area contributed by atoms with Crippen LogP contribution in [0.5, 0.6) is 0 Å².